The van der Waals surface area contributed by atoms with E-state index in [1.54, 1.807) is 10.7 Å². The van der Waals surface area contributed by atoms with Gasteiger partial charge in [-0.1, -0.05) is 12.1 Å². The first-order valence-electron chi connectivity index (χ1n) is 8.07. The Kier molecular flexibility index (Phi) is 3.78. The number of hydrogen-bond donors (Lipinski definition) is 1. The summed E-state index contributed by atoms with van der Waals surface area (Å²) in [5.74, 6) is 0.620. The highest BCUT2D eigenvalue weighted by Crippen LogP contribution is 2.25. The van der Waals surface area contributed by atoms with Gasteiger partial charge in [0.1, 0.15) is 0 Å². The number of nitrogens with one attached hydrogen (secondary N) is 1. The van der Waals surface area contributed by atoms with Crippen molar-refractivity contribution in [3.63, 3.8) is 0 Å². The number of nitrogens with zero attached hydrogens (tertiary/aromatic N) is 4. The Balaban J connectivity index is 1.86. The largest absolute Gasteiger partial charge is 0.352 e. The molecule has 0 fully saturated rings. The molecule has 24 heavy (non-hydrogen) atoms. The van der Waals surface area contributed by atoms with Gasteiger partial charge in [0, 0.05) is 36.1 Å². The van der Waals surface area contributed by atoms with E-state index in [1.165, 1.54) is 0 Å². The van der Waals surface area contributed by atoms with Crippen LogP contribution in [0.5, 0.6) is 0 Å². The summed E-state index contributed by atoms with van der Waals surface area (Å²) in [4.78, 5) is 21.3. The third-order valence-electron chi connectivity index (χ3n) is 4.06. The van der Waals surface area contributed by atoms with Gasteiger partial charge < -0.3 is 5.32 Å². The average Bonchev–Trinajstić information content (AvgIpc) is 3.03. The number of amides is 1. The smallest absolute Gasteiger partial charge is 0.251 e. The van der Waals surface area contributed by atoms with Crippen molar-refractivity contribution in [2.75, 3.05) is 6.54 Å². The Morgan fingerprint density at radius 2 is 2.04 bits per heavy atom. The maximum absolute atomic E-state index is 12.3. The molecule has 4 bridgehead atoms. The predicted octanol–water partition coefficient (Wildman–Crippen LogP) is 3.01. The fourth-order valence-corrected chi connectivity index (χ4v) is 2.79. The van der Waals surface area contributed by atoms with Gasteiger partial charge in [-0.15, -0.1) is 0 Å². The van der Waals surface area contributed by atoms with Crippen LogP contribution in [0, 0.1) is 0 Å². The molecule has 2 aromatic heterocycles. The molecule has 0 atom stereocenters. The van der Waals surface area contributed by atoms with Gasteiger partial charge in [0.25, 0.3) is 5.91 Å². The number of carbonyl (C=O) groups is 1. The van der Waals surface area contributed by atoms with Gasteiger partial charge in [-0.2, -0.15) is 5.10 Å². The number of carbonyl (C=O) groups excluding carboxylic acids is 1. The molecule has 0 unspecified atom stereocenters. The number of benzene rings is 1. The normalized spacial score (nSPS) is 15.1. The molecule has 1 amide bonds. The Bertz CT molecular complexity index is 928. The van der Waals surface area contributed by atoms with Crippen molar-refractivity contribution in [3.8, 4) is 11.1 Å². The molecule has 0 aliphatic carbocycles. The minimum absolute atomic E-state index is 0.0505. The van der Waals surface area contributed by atoms with Gasteiger partial charge >= 0.3 is 0 Å². The number of aromatic nitrogens is 3. The molecule has 120 valence electrons. The Morgan fingerprint density at radius 3 is 3.00 bits per heavy atom. The van der Waals surface area contributed by atoms with E-state index in [9.17, 15) is 4.79 Å². The lowest BCUT2D eigenvalue weighted by atomic mass is 10.1. The van der Waals surface area contributed by atoms with Crippen LogP contribution < -0.4 is 5.32 Å². The van der Waals surface area contributed by atoms with E-state index in [0.29, 0.717) is 17.9 Å². The molecule has 6 heteroatoms. The van der Waals surface area contributed by atoms with Crippen molar-refractivity contribution in [2.45, 2.75) is 19.3 Å². The second-order valence-corrected chi connectivity index (χ2v) is 5.76. The summed E-state index contributed by atoms with van der Waals surface area (Å²) >= 11 is 0. The van der Waals surface area contributed by atoms with Crippen molar-refractivity contribution in [2.24, 2.45) is 4.99 Å². The van der Waals surface area contributed by atoms with E-state index in [1.807, 2.05) is 42.7 Å². The summed E-state index contributed by atoms with van der Waals surface area (Å²) in [6.07, 6.45) is 8.27. The van der Waals surface area contributed by atoms with Crippen LogP contribution in [0.25, 0.3) is 16.8 Å². The van der Waals surface area contributed by atoms with Crippen LogP contribution in [-0.2, 0) is 0 Å². The number of rotatable bonds is 0. The minimum atomic E-state index is -0.0505. The Labute approximate surface area is 139 Å². The number of hydrogen-bond acceptors (Lipinski definition) is 4. The molecule has 1 N–H and O–H groups in total. The zero-order valence-corrected chi connectivity index (χ0v) is 13.1. The number of aliphatic imine (C=N–C) groups is 1. The maximum atomic E-state index is 12.3. The molecule has 3 heterocycles. The van der Waals surface area contributed by atoms with Crippen LogP contribution in [0.15, 0.2) is 47.7 Å². The van der Waals surface area contributed by atoms with Crippen LogP contribution in [0.1, 0.15) is 29.6 Å². The van der Waals surface area contributed by atoms with Crippen LogP contribution in [-0.4, -0.2) is 33.3 Å². The highest BCUT2D eigenvalue weighted by atomic mass is 16.1. The zero-order chi connectivity index (χ0) is 16.4. The monoisotopic (exact) mass is 319 g/mol. The molecule has 0 radical (unpaired) electrons. The molecule has 1 aliphatic rings. The van der Waals surface area contributed by atoms with Crippen LogP contribution >= 0.6 is 0 Å². The summed E-state index contributed by atoms with van der Waals surface area (Å²) in [5.41, 5.74) is 3.18. The van der Waals surface area contributed by atoms with Crippen molar-refractivity contribution in [1.82, 2.24) is 19.9 Å². The molecular weight excluding hydrogens is 302 g/mol. The SMILES string of the molecule is O=C1NCCCCC=Nc2ccn3ncc(c3n2)-c2cccc1c2. The molecule has 0 saturated carbocycles. The third-order valence-corrected chi connectivity index (χ3v) is 4.06. The van der Waals surface area contributed by atoms with Gasteiger partial charge in [-0.25, -0.2) is 14.5 Å². The van der Waals surface area contributed by atoms with Crippen LogP contribution in [0.2, 0.25) is 0 Å². The van der Waals surface area contributed by atoms with Crippen molar-refractivity contribution >= 4 is 23.6 Å². The van der Waals surface area contributed by atoms with Crippen molar-refractivity contribution in [3.05, 3.63) is 48.3 Å². The maximum Gasteiger partial charge on any atom is 0.251 e. The van der Waals surface area contributed by atoms with E-state index in [0.717, 1.165) is 36.0 Å². The lowest BCUT2D eigenvalue weighted by molar-refractivity contribution is 0.0953. The lowest BCUT2D eigenvalue weighted by Crippen LogP contribution is -2.24. The van der Waals surface area contributed by atoms with E-state index in [-0.39, 0.29) is 5.91 Å². The van der Waals surface area contributed by atoms with Gasteiger partial charge in [0.15, 0.2) is 11.5 Å². The molecule has 6 nitrogen and oxygen atoms in total. The Hall–Kier alpha value is -3.02. The topological polar surface area (TPSA) is 71.7 Å². The highest BCUT2D eigenvalue weighted by Gasteiger charge is 2.12. The minimum Gasteiger partial charge on any atom is -0.352 e. The second-order valence-electron chi connectivity index (χ2n) is 5.76. The first kappa shape index (κ1) is 14.6. The molecule has 0 spiro atoms. The third kappa shape index (κ3) is 2.78. The molecule has 1 aliphatic heterocycles. The van der Waals surface area contributed by atoms with E-state index in [4.69, 9.17) is 0 Å². The van der Waals surface area contributed by atoms with Gasteiger partial charge in [-0.3, -0.25) is 4.79 Å². The predicted molar refractivity (Wildman–Crippen MR) is 92.8 cm³/mol. The van der Waals surface area contributed by atoms with Gasteiger partial charge in [-0.05, 0) is 37.0 Å². The van der Waals surface area contributed by atoms with Gasteiger partial charge in [0.2, 0.25) is 0 Å². The van der Waals surface area contributed by atoms with E-state index in [2.05, 4.69) is 20.4 Å². The standard InChI is InChI=1S/C18H17N5O/c24-18-14-6-4-5-13(11-14)15-12-21-23-10-7-16(22-17(15)23)19-8-2-1-3-9-20-18/h4-8,10-12H,1-3,9H2,(H,20,24). The molecule has 3 aromatic rings. The first-order chi connectivity index (χ1) is 11.8. The summed E-state index contributed by atoms with van der Waals surface area (Å²) in [6, 6.07) is 9.39. The number of fused-ring (bicyclic) bond motifs is 4. The van der Waals surface area contributed by atoms with E-state index >= 15 is 0 Å². The summed E-state index contributed by atoms with van der Waals surface area (Å²) in [5, 5.41) is 7.31. The van der Waals surface area contributed by atoms with Crippen LogP contribution in [0.3, 0.4) is 0 Å². The molecular formula is C18H17N5O. The first-order valence-corrected chi connectivity index (χ1v) is 8.07. The quantitative estimate of drug-likeness (QED) is 0.692. The van der Waals surface area contributed by atoms with Gasteiger partial charge in [0.05, 0.1) is 6.20 Å². The Morgan fingerprint density at radius 1 is 1.12 bits per heavy atom. The summed E-state index contributed by atoms with van der Waals surface area (Å²) in [7, 11) is 0. The summed E-state index contributed by atoms with van der Waals surface area (Å²) in [6.45, 7) is 0.668. The van der Waals surface area contributed by atoms with Crippen molar-refractivity contribution < 1.29 is 4.79 Å². The molecule has 0 saturated heterocycles. The molecule has 4 rings (SSSR count). The highest BCUT2D eigenvalue weighted by molar-refractivity contribution is 5.96. The second kappa shape index (κ2) is 6.23. The average molecular weight is 319 g/mol. The van der Waals surface area contributed by atoms with Crippen molar-refractivity contribution in [1.29, 1.82) is 0 Å². The summed E-state index contributed by atoms with van der Waals surface area (Å²) < 4.78 is 1.72. The molecule has 1 aromatic carbocycles. The fraction of sp³-hybridized carbons (Fsp3) is 0.222. The fourth-order valence-electron chi connectivity index (χ4n) is 2.79. The zero-order valence-electron chi connectivity index (χ0n) is 13.1. The van der Waals surface area contributed by atoms with E-state index < -0.39 is 0 Å². The van der Waals surface area contributed by atoms with Crippen LogP contribution in [0.4, 0.5) is 5.82 Å². The lowest BCUT2D eigenvalue weighted by Gasteiger charge is -2.06.